The lowest BCUT2D eigenvalue weighted by Crippen LogP contribution is -2.23. The first-order valence-corrected chi connectivity index (χ1v) is 9.45. The summed E-state index contributed by atoms with van der Waals surface area (Å²) >= 11 is 4.46. The van der Waals surface area contributed by atoms with Crippen LogP contribution in [0.1, 0.15) is 30.1 Å². The summed E-state index contributed by atoms with van der Waals surface area (Å²) in [6.07, 6.45) is 4.32. The number of aromatic amines is 1. The fraction of sp³-hybridized carbons (Fsp3) is 0.417. The van der Waals surface area contributed by atoms with Crippen molar-refractivity contribution in [2.24, 2.45) is 0 Å². The number of halogens is 1. The molecule has 8 heteroatoms. The van der Waals surface area contributed by atoms with Gasteiger partial charge in [-0.3, -0.25) is 0 Å². The minimum Gasteiger partial charge on any atom is -0.345 e. The Kier molecular flexibility index (Phi) is 3.98. The van der Waals surface area contributed by atoms with E-state index >= 15 is 0 Å². The summed E-state index contributed by atoms with van der Waals surface area (Å²) in [5.74, 6) is 0.691. The zero-order valence-corrected chi connectivity index (χ0v) is 13.9. The van der Waals surface area contributed by atoms with E-state index in [0.29, 0.717) is 10.0 Å². The molecule has 0 atom stereocenters. The Balaban J connectivity index is 1.71. The molecule has 2 aromatic rings. The van der Waals surface area contributed by atoms with Gasteiger partial charge >= 0.3 is 0 Å². The second-order valence-corrected chi connectivity index (χ2v) is 9.16. The first-order valence-electron chi connectivity index (χ1n) is 6.36. The first kappa shape index (κ1) is 14.2. The Morgan fingerprint density at radius 3 is 2.85 bits per heavy atom. The van der Waals surface area contributed by atoms with Crippen LogP contribution in [0.4, 0.5) is 0 Å². The zero-order valence-electron chi connectivity index (χ0n) is 10.6. The lowest BCUT2D eigenvalue weighted by atomic mass is 10.0. The summed E-state index contributed by atoms with van der Waals surface area (Å²) in [4.78, 5) is 7.68. The third-order valence-electron chi connectivity index (χ3n) is 3.25. The number of sulfonamides is 1. The quantitative estimate of drug-likeness (QED) is 0.861. The third kappa shape index (κ3) is 2.98. The highest BCUT2D eigenvalue weighted by molar-refractivity contribution is 9.11. The van der Waals surface area contributed by atoms with Crippen LogP contribution < -0.4 is 4.72 Å². The van der Waals surface area contributed by atoms with Crippen molar-refractivity contribution >= 4 is 37.3 Å². The Hall–Kier alpha value is -0.700. The third-order valence-corrected chi connectivity index (χ3v) is 6.76. The number of nitrogens with one attached hydrogen (secondary N) is 2. The van der Waals surface area contributed by atoms with Crippen molar-refractivity contribution in [2.45, 2.75) is 36.4 Å². The van der Waals surface area contributed by atoms with Crippen molar-refractivity contribution in [3.63, 3.8) is 0 Å². The van der Waals surface area contributed by atoms with Gasteiger partial charge in [-0.05, 0) is 53.7 Å². The number of aromatic nitrogens is 2. The monoisotopic (exact) mass is 375 g/mol. The average molecular weight is 376 g/mol. The van der Waals surface area contributed by atoms with Crippen LogP contribution in [0.5, 0.6) is 0 Å². The fourth-order valence-corrected chi connectivity index (χ4v) is 5.32. The van der Waals surface area contributed by atoms with E-state index in [1.54, 1.807) is 12.1 Å². The number of imidazole rings is 1. The maximum Gasteiger partial charge on any atom is 0.250 e. The van der Waals surface area contributed by atoms with E-state index in [-0.39, 0.29) is 6.54 Å². The summed E-state index contributed by atoms with van der Waals surface area (Å²) < 4.78 is 27.9. The van der Waals surface area contributed by atoms with Gasteiger partial charge < -0.3 is 4.98 Å². The number of hydrogen-bond acceptors (Lipinski definition) is 4. The topological polar surface area (TPSA) is 74.8 Å². The number of fused-ring (bicyclic) bond motifs is 1. The van der Waals surface area contributed by atoms with Gasteiger partial charge in [0.05, 0.1) is 16.0 Å². The Labute approximate surface area is 130 Å². The second kappa shape index (κ2) is 5.59. The molecule has 0 aliphatic heterocycles. The molecule has 1 aliphatic rings. The van der Waals surface area contributed by atoms with Gasteiger partial charge in [-0.2, -0.15) is 0 Å². The number of H-pyrrole nitrogens is 1. The average Bonchev–Trinajstić information content (AvgIpc) is 3.02. The summed E-state index contributed by atoms with van der Waals surface area (Å²) in [5.41, 5.74) is 2.24. The number of nitrogens with zero attached hydrogens (tertiary/aromatic N) is 1. The van der Waals surface area contributed by atoms with Crippen LogP contribution in [0.3, 0.4) is 0 Å². The van der Waals surface area contributed by atoms with Gasteiger partial charge in [-0.25, -0.2) is 18.1 Å². The zero-order chi connectivity index (χ0) is 14.2. The van der Waals surface area contributed by atoms with Crippen LogP contribution in [-0.2, 0) is 29.4 Å². The van der Waals surface area contributed by atoms with Crippen LogP contribution >= 0.6 is 27.3 Å². The molecule has 0 spiro atoms. The molecule has 0 bridgehead atoms. The molecule has 0 amide bonds. The van der Waals surface area contributed by atoms with Crippen molar-refractivity contribution in [3.8, 4) is 0 Å². The van der Waals surface area contributed by atoms with Gasteiger partial charge in [0.1, 0.15) is 10.0 Å². The van der Waals surface area contributed by atoms with Gasteiger partial charge in [0.25, 0.3) is 0 Å². The highest BCUT2D eigenvalue weighted by atomic mass is 79.9. The predicted molar refractivity (Wildman–Crippen MR) is 81.3 cm³/mol. The highest BCUT2D eigenvalue weighted by Gasteiger charge is 2.18. The molecule has 0 unspecified atom stereocenters. The number of rotatable bonds is 4. The minimum atomic E-state index is -3.46. The van der Waals surface area contributed by atoms with E-state index in [4.69, 9.17) is 0 Å². The molecule has 0 saturated heterocycles. The molecule has 0 saturated carbocycles. The van der Waals surface area contributed by atoms with E-state index < -0.39 is 10.0 Å². The van der Waals surface area contributed by atoms with Crippen molar-refractivity contribution < 1.29 is 8.42 Å². The standard InChI is InChI=1S/C12H14BrN3O2S2/c13-10-5-6-12(19-10)20(17,18)14-7-11-15-8-3-1-2-4-9(8)16-11/h5-6,14H,1-4,7H2,(H,15,16). The number of hydrogen-bond donors (Lipinski definition) is 2. The Bertz CT molecular complexity index is 697. The Morgan fingerprint density at radius 1 is 1.35 bits per heavy atom. The minimum absolute atomic E-state index is 0.199. The van der Waals surface area contributed by atoms with Crippen molar-refractivity contribution in [1.29, 1.82) is 0 Å². The van der Waals surface area contributed by atoms with Crippen LogP contribution in [0.15, 0.2) is 20.1 Å². The molecule has 2 heterocycles. The van der Waals surface area contributed by atoms with Gasteiger partial charge in [0.2, 0.25) is 10.0 Å². The molecule has 0 radical (unpaired) electrons. The van der Waals surface area contributed by atoms with Crippen LogP contribution in [-0.4, -0.2) is 18.4 Å². The molecule has 2 aromatic heterocycles. The van der Waals surface area contributed by atoms with Crippen LogP contribution in [0.2, 0.25) is 0 Å². The van der Waals surface area contributed by atoms with E-state index in [2.05, 4.69) is 30.6 Å². The molecule has 108 valence electrons. The highest BCUT2D eigenvalue weighted by Crippen LogP contribution is 2.26. The molecule has 0 aromatic carbocycles. The molecule has 1 aliphatic carbocycles. The largest absolute Gasteiger partial charge is 0.345 e. The van der Waals surface area contributed by atoms with E-state index in [0.717, 1.165) is 34.4 Å². The molecular weight excluding hydrogens is 362 g/mol. The molecule has 3 rings (SSSR count). The molecule has 2 N–H and O–H groups in total. The SMILES string of the molecule is O=S(=O)(NCc1nc2c([nH]1)CCCC2)c1ccc(Br)s1. The van der Waals surface area contributed by atoms with E-state index in [1.165, 1.54) is 17.8 Å². The molecule has 5 nitrogen and oxygen atoms in total. The Morgan fingerprint density at radius 2 is 2.15 bits per heavy atom. The smallest absolute Gasteiger partial charge is 0.250 e. The summed E-state index contributed by atoms with van der Waals surface area (Å²) in [6, 6.07) is 3.31. The van der Waals surface area contributed by atoms with E-state index in [1.807, 2.05) is 0 Å². The van der Waals surface area contributed by atoms with E-state index in [9.17, 15) is 8.42 Å². The van der Waals surface area contributed by atoms with Crippen LogP contribution in [0, 0.1) is 0 Å². The molecular formula is C12H14BrN3O2S2. The van der Waals surface area contributed by atoms with Crippen molar-refractivity contribution in [1.82, 2.24) is 14.7 Å². The van der Waals surface area contributed by atoms with Gasteiger partial charge in [0, 0.05) is 5.69 Å². The van der Waals surface area contributed by atoms with Crippen LogP contribution in [0.25, 0.3) is 0 Å². The summed E-state index contributed by atoms with van der Waals surface area (Å²) in [6.45, 7) is 0.199. The fourth-order valence-electron chi connectivity index (χ4n) is 2.27. The van der Waals surface area contributed by atoms with Gasteiger partial charge in [-0.1, -0.05) is 0 Å². The van der Waals surface area contributed by atoms with Gasteiger partial charge in [-0.15, -0.1) is 11.3 Å². The first-order chi connectivity index (χ1) is 9.54. The predicted octanol–water partition coefficient (Wildman–Crippen LogP) is 2.59. The molecule has 0 fully saturated rings. The molecule has 20 heavy (non-hydrogen) atoms. The number of thiophene rings is 1. The summed E-state index contributed by atoms with van der Waals surface area (Å²) in [7, 11) is -3.46. The van der Waals surface area contributed by atoms with Crippen molar-refractivity contribution in [3.05, 3.63) is 33.1 Å². The van der Waals surface area contributed by atoms with Gasteiger partial charge in [0.15, 0.2) is 0 Å². The maximum absolute atomic E-state index is 12.1. The maximum atomic E-state index is 12.1. The lowest BCUT2D eigenvalue weighted by Gasteiger charge is -2.07. The lowest BCUT2D eigenvalue weighted by molar-refractivity contribution is 0.581. The second-order valence-electron chi connectivity index (χ2n) is 4.70. The normalized spacial score (nSPS) is 15.2. The summed E-state index contributed by atoms with van der Waals surface area (Å²) in [5, 5.41) is 0. The van der Waals surface area contributed by atoms with Crippen molar-refractivity contribution in [2.75, 3.05) is 0 Å². The number of aryl methyl sites for hydroxylation is 2.